The molecule has 0 spiro atoms. The minimum Gasteiger partial charge on any atom is -0.494 e. The highest BCUT2D eigenvalue weighted by Crippen LogP contribution is 2.32. The van der Waals surface area contributed by atoms with Crippen molar-refractivity contribution < 1.29 is 14.1 Å². The van der Waals surface area contributed by atoms with Crippen molar-refractivity contribution in [1.29, 1.82) is 0 Å². The second-order valence-electron chi connectivity index (χ2n) is 5.64. The molecule has 2 aromatic carbocycles. The molecule has 0 fully saturated rings. The van der Waals surface area contributed by atoms with Crippen LogP contribution in [0.5, 0.6) is 5.75 Å². The fourth-order valence-corrected chi connectivity index (χ4v) is 2.62. The van der Waals surface area contributed by atoms with Crippen LogP contribution in [0.15, 0.2) is 48.7 Å². The van der Waals surface area contributed by atoms with Crippen LogP contribution >= 0.6 is 0 Å². The van der Waals surface area contributed by atoms with Crippen LogP contribution in [0.4, 0.5) is 15.8 Å². The average molecular weight is 356 g/mol. The van der Waals surface area contributed by atoms with Gasteiger partial charge in [-0.05, 0) is 24.6 Å². The van der Waals surface area contributed by atoms with Crippen molar-refractivity contribution in [3.05, 3.63) is 75.9 Å². The second kappa shape index (κ2) is 7.22. The van der Waals surface area contributed by atoms with Gasteiger partial charge in [0.15, 0.2) is 11.6 Å². The van der Waals surface area contributed by atoms with Gasteiger partial charge in [0.1, 0.15) is 5.69 Å². The van der Waals surface area contributed by atoms with Crippen molar-refractivity contribution in [1.82, 2.24) is 9.78 Å². The van der Waals surface area contributed by atoms with Crippen molar-refractivity contribution in [3.63, 3.8) is 0 Å². The number of hydrogen-bond donors (Lipinski definition) is 1. The first kappa shape index (κ1) is 17.4. The van der Waals surface area contributed by atoms with Gasteiger partial charge in [-0.3, -0.25) is 10.1 Å². The molecular formula is C18H17FN4O3. The Bertz CT molecular complexity index is 955. The second-order valence-corrected chi connectivity index (χ2v) is 5.64. The molecule has 7 nitrogen and oxygen atoms in total. The lowest BCUT2D eigenvalue weighted by molar-refractivity contribution is -0.384. The van der Waals surface area contributed by atoms with Crippen LogP contribution in [0.2, 0.25) is 0 Å². The molecule has 0 atom stereocenters. The predicted molar refractivity (Wildman–Crippen MR) is 95.2 cm³/mol. The molecule has 0 aliphatic heterocycles. The van der Waals surface area contributed by atoms with Crippen molar-refractivity contribution in [2.75, 3.05) is 12.4 Å². The van der Waals surface area contributed by atoms with Gasteiger partial charge in [-0.2, -0.15) is 5.10 Å². The fraction of sp³-hybridized carbons (Fsp3) is 0.167. The molecule has 0 aliphatic rings. The van der Waals surface area contributed by atoms with Crippen LogP contribution < -0.4 is 10.1 Å². The Balaban J connectivity index is 1.92. The molecule has 3 aromatic rings. The molecule has 0 saturated heterocycles. The van der Waals surface area contributed by atoms with E-state index in [-0.39, 0.29) is 17.1 Å². The molecule has 1 heterocycles. The number of halogens is 1. The summed E-state index contributed by atoms with van der Waals surface area (Å²) in [5.74, 6) is -0.841. The fourth-order valence-electron chi connectivity index (χ4n) is 2.62. The molecule has 26 heavy (non-hydrogen) atoms. The maximum absolute atomic E-state index is 13.8. The number of aromatic nitrogens is 2. The highest BCUT2D eigenvalue weighted by atomic mass is 19.1. The summed E-state index contributed by atoms with van der Waals surface area (Å²) in [6, 6.07) is 11.6. The van der Waals surface area contributed by atoms with Gasteiger partial charge in [0.25, 0.3) is 5.69 Å². The van der Waals surface area contributed by atoms with E-state index < -0.39 is 10.7 Å². The van der Waals surface area contributed by atoms with Crippen LogP contribution in [0.1, 0.15) is 11.3 Å². The highest BCUT2D eigenvalue weighted by molar-refractivity contribution is 5.65. The summed E-state index contributed by atoms with van der Waals surface area (Å²) < 4.78 is 20.4. The number of nitro benzene ring substituents is 1. The zero-order valence-corrected chi connectivity index (χ0v) is 14.3. The first-order valence-electron chi connectivity index (χ1n) is 7.86. The van der Waals surface area contributed by atoms with Gasteiger partial charge in [0.05, 0.1) is 29.5 Å². The number of benzene rings is 2. The lowest BCUT2D eigenvalue weighted by Gasteiger charge is -2.13. The minimum absolute atomic E-state index is 0.0610. The molecular weight excluding hydrogens is 339 g/mol. The van der Waals surface area contributed by atoms with E-state index in [1.165, 1.54) is 13.2 Å². The third-order valence-electron chi connectivity index (χ3n) is 3.90. The van der Waals surface area contributed by atoms with E-state index in [4.69, 9.17) is 4.74 Å². The Labute approximate surface area is 149 Å². The molecule has 1 N–H and O–H groups in total. The molecule has 0 saturated carbocycles. The van der Waals surface area contributed by atoms with Gasteiger partial charge in [-0.25, -0.2) is 9.07 Å². The summed E-state index contributed by atoms with van der Waals surface area (Å²) in [4.78, 5) is 10.6. The van der Waals surface area contributed by atoms with Gasteiger partial charge in [0.2, 0.25) is 0 Å². The topological polar surface area (TPSA) is 82.2 Å². The summed E-state index contributed by atoms with van der Waals surface area (Å²) >= 11 is 0. The normalized spacial score (nSPS) is 10.6. The predicted octanol–water partition coefficient (Wildman–Crippen LogP) is 3.85. The van der Waals surface area contributed by atoms with E-state index in [0.29, 0.717) is 6.54 Å². The number of ether oxygens (including phenoxy) is 1. The Kier molecular flexibility index (Phi) is 4.83. The van der Waals surface area contributed by atoms with Crippen molar-refractivity contribution in [2.45, 2.75) is 13.5 Å². The molecule has 134 valence electrons. The standard InChI is InChI=1S/C18H17FN4O3/c1-12-7-8-22(21-12)16-6-4-3-5-13(16)11-20-15-10-18(26-2)14(19)9-17(15)23(24)25/h3-10,20H,11H2,1-2H3. The monoisotopic (exact) mass is 356 g/mol. The Morgan fingerprint density at radius 3 is 2.73 bits per heavy atom. The van der Waals surface area contributed by atoms with E-state index in [2.05, 4.69) is 10.4 Å². The average Bonchev–Trinajstić information content (AvgIpc) is 3.06. The molecule has 0 radical (unpaired) electrons. The Hall–Kier alpha value is -3.42. The lowest BCUT2D eigenvalue weighted by Crippen LogP contribution is -2.07. The first-order valence-corrected chi connectivity index (χ1v) is 7.86. The summed E-state index contributed by atoms with van der Waals surface area (Å²) in [6.45, 7) is 2.19. The number of nitrogens with zero attached hydrogens (tertiary/aromatic N) is 3. The van der Waals surface area contributed by atoms with Crippen LogP contribution in [0.3, 0.4) is 0 Å². The van der Waals surface area contributed by atoms with Crippen molar-refractivity contribution in [3.8, 4) is 11.4 Å². The molecule has 0 amide bonds. The lowest BCUT2D eigenvalue weighted by atomic mass is 10.1. The van der Waals surface area contributed by atoms with Gasteiger partial charge in [-0.15, -0.1) is 0 Å². The molecule has 0 bridgehead atoms. The SMILES string of the molecule is COc1cc(NCc2ccccc2-n2ccc(C)n2)c([N+](=O)[O-])cc1F. The van der Waals surface area contributed by atoms with E-state index in [1.54, 1.807) is 4.68 Å². The number of aryl methyl sites for hydroxylation is 1. The van der Waals surface area contributed by atoms with Crippen LogP contribution in [0, 0.1) is 22.9 Å². The van der Waals surface area contributed by atoms with Gasteiger partial charge >= 0.3 is 0 Å². The summed E-state index contributed by atoms with van der Waals surface area (Å²) in [5, 5.41) is 18.6. The van der Waals surface area contributed by atoms with Crippen LogP contribution in [-0.2, 0) is 6.54 Å². The van der Waals surface area contributed by atoms with E-state index in [9.17, 15) is 14.5 Å². The number of nitro groups is 1. The number of methoxy groups -OCH3 is 1. The maximum atomic E-state index is 13.8. The third-order valence-corrected chi connectivity index (χ3v) is 3.90. The van der Waals surface area contributed by atoms with Crippen molar-refractivity contribution in [2.24, 2.45) is 0 Å². The van der Waals surface area contributed by atoms with Gasteiger partial charge in [-0.1, -0.05) is 18.2 Å². The molecule has 1 aromatic heterocycles. The number of rotatable bonds is 6. The third kappa shape index (κ3) is 3.49. The molecule has 3 rings (SSSR count). The Morgan fingerprint density at radius 1 is 1.31 bits per heavy atom. The number of para-hydroxylation sites is 1. The Morgan fingerprint density at radius 2 is 2.08 bits per heavy atom. The first-order chi connectivity index (χ1) is 12.5. The summed E-state index contributed by atoms with van der Waals surface area (Å²) in [7, 11) is 1.31. The highest BCUT2D eigenvalue weighted by Gasteiger charge is 2.19. The van der Waals surface area contributed by atoms with Crippen molar-refractivity contribution >= 4 is 11.4 Å². The van der Waals surface area contributed by atoms with E-state index in [0.717, 1.165) is 23.0 Å². The summed E-state index contributed by atoms with van der Waals surface area (Å²) in [5.41, 5.74) is 2.44. The quantitative estimate of drug-likeness (QED) is 0.536. The smallest absolute Gasteiger partial charge is 0.295 e. The molecule has 0 aliphatic carbocycles. The van der Waals surface area contributed by atoms with E-state index in [1.807, 2.05) is 43.5 Å². The zero-order valence-electron chi connectivity index (χ0n) is 14.3. The number of nitrogens with one attached hydrogen (secondary N) is 1. The maximum Gasteiger partial charge on any atom is 0.295 e. The van der Waals surface area contributed by atoms with Crippen LogP contribution in [0.25, 0.3) is 5.69 Å². The van der Waals surface area contributed by atoms with Gasteiger partial charge < -0.3 is 10.1 Å². The largest absolute Gasteiger partial charge is 0.494 e. The number of hydrogen-bond acceptors (Lipinski definition) is 5. The summed E-state index contributed by atoms with van der Waals surface area (Å²) in [6.07, 6.45) is 1.84. The van der Waals surface area contributed by atoms with Gasteiger partial charge in [0, 0.05) is 18.8 Å². The van der Waals surface area contributed by atoms with E-state index >= 15 is 0 Å². The molecule has 8 heteroatoms. The minimum atomic E-state index is -0.780. The zero-order chi connectivity index (χ0) is 18.7. The molecule has 0 unspecified atom stereocenters. The van der Waals surface area contributed by atoms with Crippen LogP contribution in [-0.4, -0.2) is 21.8 Å². The number of anilines is 1.